The van der Waals surface area contributed by atoms with Gasteiger partial charge in [-0.2, -0.15) is 0 Å². The van der Waals surface area contributed by atoms with Crippen molar-refractivity contribution < 1.29 is 0 Å². The van der Waals surface area contributed by atoms with Crippen molar-refractivity contribution in [2.75, 3.05) is 9.80 Å². The lowest BCUT2D eigenvalue weighted by Crippen LogP contribution is -2.11. The molecule has 2 heterocycles. The third kappa shape index (κ3) is 5.06. The molecule has 59 heavy (non-hydrogen) atoms. The fourth-order valence-corrected chi connectivity index (χ4v) is 10.1. The number of aryl methyl sites for hydroxylation is 3. The number of hydrogen-bond donors (Lipinski definition) is 0. The van der Waals surface area contributed by atoms with Crippen molar-refractivity contribution in [2.24, 2.45) is 0 Å². The molecule has 2 aliphatic heterocycles. The first-order valence-electron chi connectivity index (χ1n) is 20.6. The summed E-state index contributed by atoms with van der Waals surface area (Å²) in [4.78, 5) is 4.93. The van der Waals surface area contributed by atoms with Gasteiger partial charge in [-0.1, -0.05) is 139 Å². The molecule has 0 spiro atoms. The van der Waals surface area contributed by atoms with E-state index in [0.29, 0.717) is 0 Å². The van der Waals surface area contributed by atoms with E-state index in [4.69, 9.17) is 0 Å². The summed E-state index contributed by atoms with van der Waals surface area (Å²) in [6.45, 7) is 6.65. The van der Waals surface area contributed by atoms with E-state index in [1.807, 2.05) is 0 Å². The van der Waals surface area contributed by atoms with E-state index in [1.165, 1.54) is 122 Å². The summed E-state index contributed by atoms with van der Waals surface area (Å²) in [5.41, 5.74) is 20.9. The van der Waals surface area contributed by atoms with Crippen molar-refractivity contribution in [2.45, 2.75) is 20.8 Å². The zero-order chi connectivity index (χ0) is 39.4. The van der Waals surface area contributed by atoms with Gasteiger partial charge in [0.2, 0.25) is 0 Å². The minimum absolute atomic E-state index is 1.15. The second-order valence-electron chi connectivity index (χ2n) is 16.3. The number of hydrogen-bond acceptors (Lipinski definition) is 2. The fourth-order valence-electron chi connectivity index (χ4n) is 10.1. The molecule has 0 radical (unpaired) electrons. The average Bonchev–Trinajstić information content (AvgIpc) is 3.47. The molecule has 10 aromatic rings. The highest BCUT2D eigenvalue weighted by molar-refractivity contribution is 6.19. The number of rotatable bonds is 2. The average molecular weight is 753 g/mol. The van der Waals surface area contributed by atoms with E-state index in [0.717, 1.165) is 5.69 Å². The maximum absolute atomic E-state index is 2.47. The largest absolute Gasteiger partial charge is 0.309 e. The second-order valence-corrected chi connectivity index (χ2v) is 16.3. The van der Waals surface area contributed by atoms with E-state index >= 15 is 0 Å². The SMILES string of the molecule is Cc1ccc2c(c1)-c1ccccc1-c1ccccc1N2c1ccc2c(ccc3c2ccc2cc(N4c5ccccc5-c5ccccc5-c5cc(C)ccc54)cc(C)c23)c1. The van der Waals surface area contributed by atoms with Gasteiger partial charge in [0, 0.05) is 33.6 Å². The Hall–Kier alpha value is -7.42. The molecule has 12 rings (SSSR count). The Kier molecular flexibility index (Phi) is 7.31. The Morgan fingerprint density at radius 1 is 0.288 bits per heavy atom. The van der Waals surface area contributed by atoms with Gasteiger partial charge in [-0.05, 0) is 142 Å². The maximum atomic E-state index is 2.47. The van der Waals surface area contributed by atoms with Gasteiger partial charge in [0.15, 0.2) is 0 Å². The predicted molar refractivity (Wildman–Crippen MR) is 251 cm³/mol. The Morgan fingerprint density at radius 3 is 1.32 bits per heavy atom. The van der Waals surface area contributed by atoms with Gasteiger partial charge < -0.3 is 9.80 Å². The molecule has 2 aliphatic rings. The van der Waals surface area contributed by atoms with Gasteiger partial charge in [-0.3, -0.25) is 0 Å². The Balaban J connectivity index is 1.02. The van der Waals surface area contributed by atoms with Gasteiger partial charge in [0.25, 0.3) is 0 Å². The van der Waals surface area contributed by atoms with Gasteiger partial charge in [0.1, 0.15) is 0 Å². The smallest absolute Gasteiger partial charge is 0.0540 e. The molecule has 2 heteroatoms. The second kappa shape index (κ2) is 12.8. The summed E-state index contributed by atoms with van der Waals surface area (Å²) in [5.74, 6) is 0. The third-order valence-electron chi connectivity index (χ3n) is 12.7. The lowest BCUT2D eigenvalue weighted by molar-refractivity contribution is 1.28. The van der Waals surface area contributed by atoms with Crippen molar-refractivity contribution >= 4 is 66.4 Å². The lowest BCUT2D eigenvalue weighted by Gasteiger charge is -2.28. The van der Waals surface area contributed by atoms with E-state index < -0.39 is 0 Å². The monoisotopic (exact) mass is 752 g/mol. The van der Waals surface area contributed by atoms with Crippen LogP contribution in [0.5, 0.6) is 0 Å². The molecule has 278 valence electrons. The van der Waals surface area contributed by atoms with Crippen LogP contribution in [0, 0.1) is 20.8 Å². The molecule has 0 N–H and O–H groups in total. The van der Waals surface area contributed by atoms with Gasteiger partial charge in [-0.25, -0.2) is 0 Å². The zero-order valence-corrected chi connectivity index (χ0v) is 33.3. The molecule has 0 unspecified atom stereocenters. The number of anilines is 6. The number of fused-ring (bicyclic) bond motifs is 15. The van der Waals surface area contributed by atoms with Crippen molar-refractivity contribution in [3.05, 3.63) is 205 Å². The van der Waals surface area contributed by atoms with Crippen LogP contribution >= 0.6 is 0 Å². The molecule has 0 bridgehead atoms. The molecular formula is C57H40N2. The minimum Gasteiger partial charge on any atom is -0.309 e. The number of benzene rings is 10. The van der Waals surface area contributed by atoms with Crippen LogP contribution in [0.25, 0.3) is 76.8 Å². The molecule has 0 saturated carbocycles. The zero-order valence-electron chi connectivity index (χ0n) is 33.3. The minimum atomic E-state index is 1.15. The first-order valence-corrected chi connectivity index (χ1v) is 20.6. The quantitative estimate of drug-likeness (QED) is 0.162. The Morgan fingerprint density at radius 2 is 0.729 bits per heavy atom. The summed E-state index contributed by atoms with van der Waals surface area (Å²) < 4.78 is 0. The molecule has 2 nitrogen and oxygen atoms in total. The summed E-state index contributed by atoms with van der Waals surface area (Å²) in [6.07, 6.45) is 0. The van der Waals surface area contributed by atoms with Crippen molar-refractivity contribution in [1.82, 2.24) is 0 Å². The standard InChI is InChI=1S/C57H40N2/c1-35-20-28-55-51(30-35)45-14-6-4-12-43(45)48-16-8-10-18-53(48)58(55)40-24-27-42-38(33-40)22-26-50-47(42)25-23-39-34-41(32-37(3)57(39)50)59-54-19-11-9-17-49(54)44-13-5-7-15-46(44)52-31-36(2)21-29-56(52)59/h4-34H,1-3H3. The van der Waals surface area contributed by atoms with Crippen LogP contribution in [0.3, 0.4) is 0 Å². The highest BCUT2D eigenvalue weighted by atomic mass is 15.2. The van der Waals surface area contributed by atoms with E-state index in [2.05, 4.69) is 219 Å². The summed E-state index contributed by atoms with van der Waals surface area (Å²) >= 11 is 0. The summed E-state index contributed by atoms with van der Waals surface area (Å²) in [6, 6.07) is 70.3. The van der Waals surface area contributed by atoms with Gasteiger partial charge in [-0.15, -0.1) is 0 Å². The highest BCUT2D eigenvalue weighted by Crippen LogP contribution is 2.53. The van der Waals surface area contributed by atoms with E-state index in [1.54, 1.807) is 0 Å². The molecule has 0 saturated heterocycles. The summed E-state index contributed by atoms with van der Waals surface area (Å²) in [7, 11) is 0. The Bertz CT molecular complexity index is 3390. The van der Waals surface area contributed by atoms with E-state index in [-0.39, 0.29) is 0 Å². The lowest BCUT2D eigenvalue weighted by atomic mass is 9.93. The molecule has 0 aromatic heterocycles. The van der Waals surface area contributed by atoms with Crippen molar-refractivity contribution in [1.29, 1.82) is 0 Å². The highest BCUT2D eigenvalue weighted by Gasteiger charge is 2.28. The number of para-hydroxylation sites is 2. The number of nitrogens with zero attached hydrogens (tertiary/aromatic N) is 2. The normalized spacial score (nSPS) is 12.6. The maximum Gasteiger partial charge on any atom is 0.0540 e. The van der Waals surface area contributed by atoms with Crippen LogP contribution in [0.4, 0.5) is 34.1 Å². The van der Waals surface area contributed by atoms with Crippen LogP contribution in [0.15, 0.2) is 188 Å². The van der Waals surface area contributed by atoms with Crippen LogP contribution < -0.4 is 9.80 Å². The topological polar surface area (TPSA) is 6.48 Å². The molecule has 10 aromatic carbocycles. The van der Waals surface area contributed by atoms with Crippen LogP contribution in [-0.2, 0) is 0 Å². The van der Waals surface area contributed by atoms with Crippen molar-refractivity contribution in [3.8, 4) is 44.5 Å². The fraction of sp³-hybridized carbons (Fsp3) is 0.0526. The van der Waals surface area contributed by atoms with Gasteiger partial charge in [0.05, 0.1) is 22.7 Å². The van der Waals surface area contributed by atoms with Crippen LogP contribution in [0.2, 0.25) is 0 Å². The molecule has 0 amide bonds. The van der Waals surface area contributed by atoms with Crippen molar-refractivity contribution in [3.63, 3.8) is 0 Å². The van der Waals surface area contributed by atoms with Crippen LogP contribution in [-0.4, -0.2) is 0 Å². The van der Waals surface area contributed by atoms with Gasteiger partial charge >= 0.3 is 0 Å². The molecular weight excluding hydrogens is 713 g/mol. The Labute approximate surface area is 344 Å². The van der Waals surface area contributed by atoms with E-state index in [9.17, 15) is 0 Å². The molecule has 0 aliphatic carbocycles. The third-order valence-corrected chi connectivity index (χ3v) is 12.7. The first-order chi connectivity index (χ1) is 29.0. The first kappa shape index (κ1) is 33.7. The molecule has 0 atom stereocenters. The van der Waals surface area contributed by atoms with Crippen LogP contribution in [0.1, 0.15) is 16.7 Å². The summed E-state index contributed by atoms with van der Waals surface area (Å²) in [5, 5.41) is 7.58. The predicted octanol–water partition coefficient (Wildman–Crippen LogP) is 16.3. The molecule has 0 fully saturated rings.